The van der Waals surface area contributed by atoms with E-state index in [1.54, 1.807) is 6.07 Å². The number of likely N-dealkylation sites (tertiary alicyclic amines) is 1. The number of ether oxygens (including phenoxy) is 2. The van der Waals surface area contributed by atoms with E-state index in [1.165, 1.54) is 23.4 Å². The summed E-state index contributed by atoms with van der Waals surface area (Å²) in [6.45, 7) is 3.48. The van der Waals surface area contributed by atoms with E-state index in [0.717, 1.165) is 47.6 Å². The number of hydrogen-bond acceptors (Lipinski definition) is 11. The molecule has 0 spiro atoms. The van der Waals surface area contributed by atoms with E-state index >= 15 is 0 Å². The predicted molar refractivity (Wildman–Crippen MR) is 161 cm³/mol. The number of esters is 1. The van der Waals surface area contributed by atoms with Crippen LogP contribution in [-0.2, 0) is 32.0 Å². The van der Waals surface area contributed by atoms with Crippen LogP contribution in [0.3, 0.4) is 0 Å². The molecule has 2 aromatic heterocycles. The maximum atomic E-state index is 13.9. The molecule has 2 fully saturated rings. The van der Waals surface area contributed by atoms with Crippen LogP contribution in [0.5, 0.6) is 5.75 Å². The Morgan fingerprint density at radius 2 is 2.02 bits per heavy atom. The number of carbonyl (C=O) groups is 2. The second kappa shape index (κ2) is 13.7. The Hall–Kier alpha value is -3.70. The highest BCUT2D eigenvalue weighted by Gasteiger charge is 2.44. The molecule has 0 saturated carbocycles. The largest absolute Gasteiger partial charge is 0.755 e. The minimum absolute atomic E-state index is 0.0131. The van der Waals surface area contributed by atoms with Gasteiger partial charge in [-0.1, -0.05) is 24.7 Å². The van der Waals surface area contributed by atoms with Gasteiger partial charge in [0.2, 0.25) is 5.91 Å². The summed E-state index contributed by atoms with van der Waals surface area (Å²) in [5.41, 5.74) is 5.86. The quantitative estimate of drug-likeness (QED) is 0.170. The Balaban J connectivity index is 1.47. The summed E-state index contributed by atoms with van der Waals surface area (Å²) in [4.78, 5) is 38.8. The summed E-state index contributed by atoms with van der Waals surface area (Å²) < 4.78 is 76.0. The van der Waals surface area contributed by atoms with E-state index in [1.807, 2.05) is 11.8 Å². The van der Waals surface area contributed by atoms with Crippen LogP contribution in [0, 0.1) is 0 Å². The van der Waals surface area contributed by atoms with Crippen LogP contribution in [0.15, 0.2) is 30.6 Å². The van der Waals surface area contributed by atoms with E-state index in [9.17, 15) is 31.5 Å². The molecule has 3 atom stereocenters. The number of halogens is 3. The number of hydrogen-bond donors (Lipinski definition) is 1. The molecular weight excluding hydrogens is 637 g/mol. The van der Waals surface area contributed by atoms with Crippen molar-refractivity contribution in [1.82, 2.24) is 14.9 Å². The summed E-state index contributed by atoms with van der Waals surface area (Å²) >= 11 is -1.72. The number of alkyl halides is 3. The Bertz CT molecular complexity index is 1570. The van der Waals surface area contributed by atoms with E-state index in [4.69, 9.17) is 10.5 Å². The first-order valence-electron chi connectivity index (χ1n) is 14.5. The number of nitrogens with zero attached hydrogens (tertiary/aromatic N) is 5. The number of rotatable bonds is 12. The van der Waals surface area contributed by atoms with Crippen LogP contribution in [0.4, 0.5) is 29.1 Å². The summed E-state index contributed by atoms with van der Waals surface area (Å²) in [6, 6.07) is 1.49. The maximum absolute atomic E-state index is 13.9. The van der Waals surface area contributed by atoms with Crippen LogP contribution < -0.4 is 19.7 Å². The number of amides is 1. The van der Waals surface area contributed by atoms with Crippen LogP contribution in [0.25, 0.3) is 10.8 Å². The summed E-state index contributed by atoms with van der Waals surface area (Å²) in [7, 11) is 0. The lowest BCUT2D eigenvalue weighted by Gasteiger charge is -2.31. The third-order valence-electron chi connectivity index (χ3n) is 7.74. The van der Waals surface area contributed by atoms with Crippen molar-refractivity contribution in [3.8, 4) is 5.75 Å². The molecule has 2 aliphatic rings. The van der Waals surface area contributed by atoms with Gasteiger partial charge in [0.15, 0.2) is 5.13 Å². The fourth-order valence-electron chi connectivity index (χ4n) is 5.55. The van der Waals surface area contributed by atoms with Crippen molar-refractivity contribution in [3.05, 3.63) is 36.2 Å². The molecule has 0 bridgehead atoms. The number of anilines is 3. The molecule has 12 nitrogen and oxygen atoms in total. The van der Waals surface area contributed by atoms with Crippen LogP contribution in [0.2, 0.25) is 0 Å². The summed E-state index contributed by atoms with van der Waals surface area (Å²) in [5.74, 6) is -2.12. The first-order chi connectivity index (χ1) is 21.5. The zero-order chi connectivity index (χ0) is 32.3. The van der Waals surface area contributed by atoms with Gasteiger partial charge in [0.25, 0.3) is 0 Å². The fourth-order valence-corrected chi connectivity index (χ4v) is 7.37. The highest BCUT2D eigenvalue weighted by atomic mass is 32.2. The SMILES string of the molecule is CCCCOC(=O)[C@@H](Cc1cc2ccnc(N)c2cc1OC(F)(F)F)N1CC[C@H](N(c2cnc(N3CCCC3)s2)S(=O)[O-])C1=O. The number of fused-ring (bicyclic) bond motifs is 1. The number of carbonyl (C=O) groups excluding carboxylic acids is 2. The molecular formula is C28H32F3N6O6S2-. The Kier molecular flexibility index (Phi) is 9.98. The van der Waals surface area contributed by atoms with Crippen molar-refractivity contribution in [3.63, 3.8) is 0 Å². The summed E-state index contributed by atoms with van der Waals surface area (Å²) in [5, 5.41) is 1.55. The standard InChI is InChI=1S/C28H33F3N6O6S2/c1-2-3-12-42-26(39)21(14-18-13-17-6-8-33-24(32)19(17)15-22(18)43-28(29,30)31)36-11-7-20(25(36)38)37(45(40)41)23-16-34-27(44-23)35-9-4-5-10-35/h6,8,13,15-16,20-21H,2-5,7,9-12,14H2,1H3,(H2,32,33)(H,40,41)/p-1/t20-,21+/m0/s1. The molecule has 2 N–H and O–H groups in total. The number of aromatic nitrogens is 2. The van der Waals surface area contributed by atoms with Gasteiger partial charge in [0.05, 0.1) is 12.8 Å². The van der Waals surface area contributed by atoms with Crippen LogP contribution in [-0.4, -0.2) is 80.2 Å². The molecule has 1 aromatic carbocycles. The van der Waals surface area contributed by atoms with E-state index in [2.05, 4.69) is 14.7 Å². The number of thiazole rings is 1. The number of nitrogen functional groups attached to an aromatic ring is 1. The van der Waals surface area contributed by atoms with E-state index < -0.39 is 53.8 Å². The topological polar surface area (TPSA) is 154 Å². The van der Waals surface area contributed by atoms with Crippen molar-refractivity contribution >= 4 is 61.2 Å². The monoisotopic (exact) mass is 669 g/mol. The highest BCUT2D eigenvalue weighted by Crippen LogP contribution is 2.37. The molecule has 5 rings (SSSR count). The van der Waals surface area contributed by atoms with Gasteiger partial charge >= 0.3 is 12.3 Å². The third kappa shape index (κ3) is 7.41. The molecule has 244 valence electrons. The zero-order valence-corrected chi connectivity index (χ0v) is 26.0. The van der Waals surface area contributed by atoms with Gasteiger partial charge in [-0.05, 0) is 54.8 Å². The molecule has 2 aliphatic heterocycles. The minimum Gasteiger partial charge on any atom is -0.755 e. The van der Waals surface area contributed by atoms with Crippen LogP contribution >= 0.6 is 11.3 Å². The molecule has 2 saturated heterocycles. The van der Waals surface area contributed by atoms with E-state index in [0.29, 0.717) is 23.4 Å². The van der Waals surface area contributed by atoms with Gasteiger partial charge in [0.1, 0.15) is 28.7 Å². The first kappa shape index (κ1) is 32.7. The van der Waals surface area contributed by atoms with Crippen LogP contribution in [0.1, 0.15) is 44.6 Å². The van der Waals surface area contributed by atoms with E-state index in [-0.39, 0.29) is 41.3 Å². The van der Waals surface area contributed by atoms with Crippen molar-refractivity contribution < 1.29 is 41.0 Å². The Morgan fingerprint density at radius 1 is 1.27 bits per heavy atom. The normalized spacial score (nSPS) is 18.4. The maximum Gasteiger partial charge on any atom is 0.573 e. The predicted octanol–water partition coefficient (Wildman–Crippen LogP) is 3.93. The zero-order valence-electron chi connectivity index (χ0n) is 24.3. The lowest BCUT2D eigenvalue weighted by Crippen LogP contribution is -2.49. The molecule has 0 radical (unpaired) electrons. The number of nitrogens with two attached hydrogens (primary N) is 1. The van der Waals surface area contributed by atoms with Gasteiger partial charge in [-0.2, -0.15) is 0 Å². The lowest BCUT2D eigenvalue weighted by atomic mass is 10.00. The van der Waals surface area contributed by atoms with Crippen molar-refractivity contribution in [2.24, 2.45) is 0 Å². The molecule has 45 heavy (non-hydrogen) atoms. The molecule has 17 heteroatoms. The molecule has 1 amide bonds. The summed E-state index contributed by atoms with van der Waals surface area (Å²) in [6.07, 6.45) is 0.608. The van der Waals surface area contributed by atoms with Gasteiger partial charge in [-0.25, -0.2) is 14.8 Å². The molecule has 4 heterocycles. The average Bonchev–Trinajstić information content (AvgIpc) is 3.74. The highest BCUT2D eigenvalue weighted by molar-refractivity contribution is 7.81. The fraction of sp³-hybridized carbons (Fsp3) is 0.500. The molecule has 3 aromatic rings. The molecule has 0 aliphatic carbocycles. The smallest absolute Gasteiger partial charge is 0.573 e. The van der Waals surface area contributed by atoms with Crippen molar-refractivity contribution in [2.75, 3.05) is 41.2 Å². The van der Waals surface area contributed by atoms with Crippen molar-refractivity contribution in [1.29, 1.82) is 0 Å². The van der Waals surface area contributed by atoms with Gasteiger partial charge < -0.3 is 29.6 Å². The first-order valence-corrected chi connectivity index (χ1v) is 16.3. The Labute approximate surface area is 263 Å². The van der Waals surface area contributed by atoms with Crippen molar-refractivity contribution in [2.45, 2.75) is 63.9 Å². The third-order valence-corrected chi connectivity index (χ3v) is 9.68. The van der Waals surface area contributed by atoms with Gasteiger partial charge in [-0.3, -0.25) is 13.3 Å². The lowest BCUT2D eigenvalue weighted by molar-refractivity contribution is -0.274. The van der Waals surface area contributed by atoms with Gasteiger partial charge in [0, 0.05) is 48.9 Å². The molecule has 1 unspecified atom stereocenters. The number of benzene rings is 1. The number of pyridine rings is 1. The average molecular weight is 670 g/mol. The number of unbranched alkanes of at least 4 members (excludes halogenated alkanes) is 1. The Morgan fingerprint density at radius 3 is 2.71 bits per heavy atom. The minimum atomic E-state index is -5.06. The second-order valence-corrected chi connectivity index (χ2v) is 12.5. The second-order valence-electron chi connectivity index (χ2n) is 10.7. The van der Waals surface area contributed by atoms with Gasteiger partial charge in [-0.15, -0.1) is 13.2 Å².